The van der Waals surface area contributed by atoms with Crippen LogP contribution in [0.1, 0.15) is 21.7 Å². The standard InChI is InChI=1S/C23H26N6O2/c1-16-20(17(2)28-11-10-24-22(30)21(16)28)19-8-9-25-23(26-19)29(18-6-4-3-5-7-18)27-12-14-31-15-13-27/h3-9H,10-15H2,1-2H3,(H,24,30). The van der Waals surface area contributed by atoms with E-state index in [0.717, 1.165) is 53.5 Å². The third-order valence-corrected chi connectivity index (χ3v) is 5.96. The molecule has 0 aliphatic carbocycles. The number of morpholine rings is 1. The average molecular weight is 419 g/mol. The molecule has 160 valence electrons. The zero-order chi connectivity index (χ0) is 21.4. The first-order valence-electron chi connectivity index (χ1n) is 10.6. The molecule has 2 aromatic heterocycles. The number of rotatable bonds is 4. The fraction of sp³-hybridized carbons (Fsp3) is 0.348. The Morgan fingerprint density at radius 2 is 1.84 bits per heavy atom. The van der Waals surface area contributed by atoms with Gasteiger partial charge in [-0.1, -0.05) is 18.2 Å². The predicted molar refractivity (Wildman–Crippen MR) is 118 cm³/mol. The van der Waals surface area contributed by atoms with Crippen LogP contribution in [0.5, 0.6) is 0 Å². The zero-order valence-corrected chi connectivity index (χ0v) is 17.8. The first kappa shape index (κ1) is 19.7. The summed E-state index contributed by atoms with van der Waals surface area (Å²) in [4.78, 5) is 22.1. The Morgan fingerprint density at radius 1 is 1.06 bits per heavy atom. The molecule has 5 rings (SSSR count). The number of ether oxygens (including phenoxy) is 1. The lowest BCUT2D eigenvalue weighted by Gasteiger charge is -2.37. The second kappa shape index (κ2) is 8.13. The number of carbonyl (C=O) groups is 1. The molecule has 1 N–H and O–H groups in total. The van der Waals surface area contributed by atoms with Gasteiger partial charge < -0.3 is 14.6 Å². The van der Waals surface area contributed by atoms with Crippen molar-refractivity contribution in [3.8, 4) is 11.3 Å². The highest BCUT2D eigenvalue weighted by Gasteiger charge is 2.28. The Morgan fingerprint density at radius 3 is 2.58 bits per heavy atom. The summed E-state index contributed by atoms with van der Waals surface area (Å²) in [7, 11) is 0. The molecule has 1 fully saturated rings. The molecule has 2 aliphatic heterocycles. The molecule has 0 spiro atoms. The topological polar surface area (TPSA) is 75.5 Å². The number of hydrogen-bond donors (Lipinski definition) is 1. The van der Waals surface area contributed by atoms with Gasteiger partial charge in [0.1, 0.15) is 5.69 Å². The minimum atomic E-state index is -0.0217. The van der Waals surface area contributed by atoms with E-state index in [-0.39, 0.29) is 5.91 Å². The Labute approximate surface area is 181 Å². The Hall–Kier alpha value is -3.23. The van der Waals surface area contributed by atoms with E-state index in [2.05, 4.69) is 43.9 Å². The van der Waals surface area contributed by atoms with E-state index >= 15 is 0 Å². The van der Waals surface area contributed by atoms with E-state index in [9.17, 15) is 4.79 Å². The van der Waals surface area contributed by atoms with Gasteiger partial charge in [-0.15, -0.1) is 0 Å². The molecule has 0 saturated carbocycles. The molecular weight excluding hydrogens is 392 g/mol. The number of hydrazine groups is 1. The molecule has 1 amide bonds. The summed E-state index contributed by atoms with van der Waals surface area (Å²) in [6, 6.07) is 12.1. The van der Waals surface area contributed by atoms with Crippen LogP contribution in [-0.4, -0.2) is 58.3 Å². The number of nitrogens with zero attached hydrogens (tertiary/aromatic N) is 5. The first-order chi connectivity index (χ1) is 15.1. The lowest BCUT2D eigenvalue weighted by molar-refractivity contribution is 0.0371. The molecule has 8 heteroatoms. The molecule has 4 heterocycles. The minimum absolute atomic E-state index is 0.0217. The van der Waals surface area contributed by atoms with E-state index in [0.29, 0.717) is 25.7 Å². The lowest BCUT2D eigenvalue weighted by atomic mass is 10.1. The molecule has 0 atom stereocenters. The molecule has 0 radical (unpaired) electrons. The molecule has 3 aromatic rings. The molecule has 2 aliphatic rings. The summed E-state index contributed by atoms with van der Waals surface area (Å²) in [6.07, 6.45) is 1.80. The van der Waals surface area contributed by atoms with Crippen LogP contribution in [0.3, 0.4) is 0 Å². The summed E-state index contributed by atoms with van der Waals surface area (Å²) >= 11 is 0. The van der Waals surface area contributed by atoms with Crippen molar-refractivity contribution < 1.29 is 9.53 Å². The van der Waals surface area contributed by atoms with E-state index in [1.807, 2.05) is 31.2 Å². The fourth-order valence-electron chi connectivity index (χ4n) is 4.53. The zero-order valence-electron chi connectivity index (χ0n) is 17.8. The molecule has 31 heavy (non-hydrogen) atoms. The molecule has 0 unspecified atom stereocenters. The second-order valence-corrected chi connectivity index (χ2v) is 7.80. The van der Waals surface area contributed by atoms with Crippen molar-refractivity contribution in [2.75, 3.05) is 37.9 Å². The van der Waals surface area contributed by atoms with E-state index in [4.69, 9.17) is 9.72 Å². The molecule has 1 aromatic carbocycles. The summed E-state index contributed by atoms with van der Waals surface area (Å²) in [6.45, 7) is 8.35. The average Bonchev–Trinajstić information content (AvgIpc) is 3.07. The largest absolute Gasteiger partial charge is 0.379 e. The van der Waals surface area contributed by atoms with Gasteiger partial charge in [0, 0.05) is 43.6 Å². The van der Waals surface area contributed by atoms with Gasteiger partial charge in [-0.3, -0.25) is 4.79 Å². The second-order valence-electron chi connectivity index (χ2n) is 7.80. The van der Waals surface area contributed by atoms with Crippen molar-refractivity contribution in [1.82, 2.24) is 24.9 Å². The van der Waals surface area contributed by atoms with Gasteiger partial charge >= 0.3 is 0 Å². The summed E-state index contributed by atoms with van der Waals surface area (Å²) in [5, 5.41) is 7.23. The molecule has 8 nitrogen and oxygen atoms in total. The van der Waals surface area contributed by atoms with Crippen molar-refractivity contribution in [2.45, 2.75) is 20.4 Å². The Kier molecular flexibility index (Phi) is 5.17. The van der Waals surface area contributed by atoms with Crippen LogP contribution in [0.25, 0.3) is 11.3 Å². The predicted octanol–water partition coefficient (Wildman–Crippen LogP) is 2.69. The SMILES string of the molecule is Cc1c(-c2ccnc(N(c3ccccc3)N3CCOCC3)n2)c(C)n2c1C(=O)NCC2. The number of fused-ring (bicyclic) bond motifs is 1. The fourth-order valence-corrected chi connectivity index (χ4v) is 4.53. The van der Waals surface area contributed by atoms with Crippen LogP contribution >= 0.6 is 0 Å². The van der Waals surface area contributed by atoms with Crippen LogP contribution in [0.15, 0.2) is 42.6 Å². The summed E-state index contributed by atoms with van der Waals surface area (Å²) in [5.74, 6) is 0.588. The van der Waals surface area contributed by atoms with Crippen LogP contribution in [0.4, 0.5) is 11.6 Å². The monoisotopic (exact) mass is 418 g/mol. The number of amides is 1. The van der Waals surface area contributed by atoms with Gasteiger partial charge in [0.15, 0.2) is 0 Å². The summed E-state index contributed by atoms with van der Waals surface area (Å²) < 4.78 is 7.65. The maximum Gasteiger partial charge on any atom is 0.268 e. The van der Waals surface area contributed by atoms with Gasteiger partial charge in [-0.05, 0) is 37.6 Å². The van der Waals surface area contributed by atoms with Crippen molar-refractivity contribution >= 4 is 17.5 Å². The van der Waals surface area contributed by atoms with Crippen LogP contribution < -0.4 is 10.3 Å². The number of aromatic nitrogens is 3. The highest BCUT2D eigenvalue weighted by atomic mass is 16.5. The van der Waals surface area contributed by atoms with E-state index in [1.54, 1.807) is 6.20 Å². The molecular formula is C23H26N6O2. The van der Waals surface area contributed by atoms with Crippen molar-refractivity contribution in [1.29, 1.82) is 0 Å². The normalized spacial score (nSPS) is 16.6. The Bertz CT molecular complexity index is 1100. The minimum Gasteiger partial charge on any atom is -0.379 e. The lowest BCUT2D eigenvalue weighted by Crippen LogP contribution is -2.47. The maximum absolute atomic E-state index is 12.5. The number of benzene rings is 1. The Balaban J connectivity index is 1.60. The molecule has 1 saturated heterocycles. The number of nitrogens with one attached hydrogen (secondary N) is 1. The third-order valence-electron chi connectivity index (χ3n) is 5.96. The number of hydrogen-bond acceptors (Lipinski definition) is 6. The molecule has 0 bridgehead atoms. The first-order valence-corrected chi connectivity index (χ1v) is 10.6. The van der Waals surface area contributed by atoms with Crippen LogP contribution in [0, 0.1) is 13.8 Å². The van der Waals surface area contributed by atoms with Gasteiger partial charge in [-0.25, -0.2) is 20.0 Å². The van der Waals surface area contributed by atoms with Gasteiger partial charge in [0.05, 0.1) is 24.6 Å². The number of carbonyl (C=O) groups excluding carboxylic acids is 1. The van der Waals surface area contributed by atoms with Gasteiger partial charge in [0.2, 0.25) is 5.95 Å². The number of para-hydroxylation sites is 1. The van der Waals surface area contributed by atoms with E-state index < -0.39 is 0 Å². The van der Waals surface area contributed by atoms with Crippen LogP contribution in [0.2, 0.25) is 0 Å². The highest BCUT2D eigenvalue weighted by molar-refractivity contribution is 5.97. The quantitative estimate of drug-likeness (QED) is 0.702. The van der Waals surface area contributed by atoms with Gasteiger partial charge in [-0.2, -0.15) is 0 Å². The third kappa shape index (κ3) is 3.47. The van der Waals surface area contributed by atoms with E-state index in [1.165, 1.54) is 0 Å². The number of anilines is 2. The smallest absolute Gasteiger partial charge is 0.268 e. The maximum atomic E-state index is 12.5. The van der Waals surface area contributed by atoms with Crippen molar-refractivity contribution in [3.63, 3.8) is 0 Å². The van der Waals surface area contributed by atoms with Crippen molar-refractivity contribution in [2.24, 2.45) is 0 Å². The van der Waals surface area contributed by atoms with Crippen LogP contribution in [-0.2, 0) is 11.3 Å². The highest BCUT2D eigenvalue weighted by Crippen LogP contribution is 2.33. The summed E-state index contributed by atoms with van der Waals surface area (Å²) in [5.41, 5.74) is 5.58. The van der Waals surface area contributed by atoms with Gasteiger partial charge in [0.25, 0.3) is 5.91 Å². The van der Waals surface area contributed by atoms with Crippen molar-refractivity contribution in [3.05, 3.63) is 59.5 Å².